The van der Waals surface area contributed by atoms with Gasteiger partial charge >= 0.3 is 0 Å². The Kier molecular flexibility index (Phi) is 1.81. The van der Waals surface area contributed by atoms with Crippen LogP contribution >= 0.6 is 0 Å². The summed E-state index contributed by atoms with van der Waals surface area (Å²) in [6.07, 6.45) is 0.370. The number of para-hydroxylation sites is 1. The van der Waals surface area contributed by atoms with E-state index >= 15 is 0 Å². The Balaban J connectivity index is 2.60. The number of Topliss-reactive ketones (excluding diaryl/α,β-unsaturated/α-hetero) is 1. The van der Waals surface area contributed by atoms with Gasteiger partial charge in [-0.25, -0.2) is 0 Å². The molecule has 1 aromatic carbocycles. The van der Waals surface area contributed by atoms with Crippen LogP contribution in [0.25, 0.3) is 0 Å². The van der Waals surface area contributed by atoms with Crippen LogP contribution in [0.15, 0.2) is 23.4 Å². The Morgan fingerprint density at radius 2 is 2.23 bits per heavy atom. The molecule has 0 amide bonds. The highest BCUT2D eigenvalue weighted by Gasteiger charge is 2.21. The summed E-state index contributed by atoms with van der Waals surface area (Å²) >= 11 is 0. The molecule has 0 aromatic heterocycles. The monoisotopic (exact) mass is 177 g/mol. The third kappa shape index (κ3) is 1.20. The van der Waals surface area contributed by atoms with E-state index in [0.29, 0.717) is 24.3 Å². The van der Waals surface area contributed by atoms with Gasteiger partial charge in [-0.05, 0) is 17.3 Å². The number of nitrogens with zero attached hydrogens (tertiary/aromatic N) is 1. The summed E-state index contributed by atoms with van der Waals surface area (Å²) in [7, 11) is 0. The van der Waals surface area contributed by atoms with Crippen LogP contribution in [0.2, 0.25) is 0 Å². The van der Waals surface area contributed by atoms with Crippen LogP contribution in [0.5, 0.6) is 5.75 Å². The van der Waals surface area contributed by atoms with Gasteiger partial charge in [-0.2, -0.15) is 0 Å². The van der Waals surface area contributed by atoms with Crippen LogP contribution in [0.3, 0.4) is 0 Å². The van der Waals surface area contributed by atoms with E-state index in [9.17, 15) is 9.70 Å². The molecule has 1 heterocycles. The number of carbonyl (C=O) groups is 1. The van der Waals surface area contributed by atoms with E-state index in [1.165, 1.54) is 6.07 Å². The molecular formula is C9H7NO3. The lowest BCUT2D eigenvalue weighted by atomic mass is 10.0. The highest BCUT2D eigenvalue weighted by Crippen LogP contribution is 2.34. The van der Waals surface area contributed by atoms with E-state index in [2.05, 4.69) is 5.18 Å². The van der Waals surface area contributed by atoms with Crippen LogP contribution in [-0.4, -0.2) is 12.4 Å². The highest BCUT2D eigenvalue weighted by molar-refractivity contribution is 6.01. The second-order valence-electron chi connectivity index (χ2n) is 2.77. The molecule has 4 heteroatoms. The number of benzene rings is 1. The molecule has 0 saturated heterocycles. The van der Waals surface area contributed by atoms with Gasteiger partial charge in [0.05, 0.1) is 12.2 Å². The predicted molar refractivity (Wildman–Crippen MR) is 46.3 cm³/mol. The van der Waals surface area contributed by atoms with Gasteiger partial charge in [0, 0.05) is 6.42 Å². The lowest BCUT2D eigenvalue weighted by Crippen LogP contribution is -2.14. The topological polar surface area (TPSA) is 55.7 Å². The van der Waals surface area contributed by atoms with Gasteiger partial charge < -0.3 is 4.74 Å². The van der Waals surface area contributed by atoms with Crippen molar-refractivity contribution < 1.29 is 9.53 Å². The second-order valence-corrected chi connectivity index (χ2v) is 2.77. The van der Waals surface area contributed by atoms with Gasteiger partial charge in [-0.3, -0.25) is 4.79 Å². The van der Waals surface area contributed by atoms with Crippen molar-refractivity contribution >= 4 is 11.5 Å². The number of hydrogen-bond donors (Lipinski definition) is 0. The quantitative estimate of drug-likeness (QED) is 0.617. The fraction of sp³-hybridized carbons (Fsp3) is 0.222. The fourth-order valence-corrected chi connectivity index (χ4v) is 1.35. The van der Waals surface area contributed by atoms with Gasteiger partial charge in [-0.1, -0.05) is 6.07 Å². The van der Waals surface area contributed by atoms with Crippen LogP contribution in [0, 0.1) is 4.91 Å². The Labute approximate surface area is 74.5 Å². The molecule has 0 unspecified atom stereocenters. The van der Waals surface area contributed by atoms with E-state index in [0.717, 1.165) is 0 Å². The molecule has 2 rings (SSSR count). The maximum absolute atomic E-state index is 11.3. The number of fused-ring (bicyclic) bond motifs is 1. The number of ketones is 1. The molecule has 0 N–H and O–H groups in total. The maximum Gasteiger partial charge on any atom is 0.170 e. The summed E-state index contributed by atoms with van der Waals surface area (Å²) in [5.41, 5.74) is 0.661. The maximum atomic E-state index is 11.3. The number of nitroso groups, excluding NO2 is 1. The molecule has 0 aliphatic carbocycles. The number of hydrogen-bond acceptors (Lipinski definition) is 4. The molecule has 0 saturated carbocycles. The molecular weight excluding hydrogens is 170 g/mol. The fourth-order valence-electron chi connectivity index (χ4n) is 1.35. The smallest absolute Gasteiger partial charge is 0.170 e. The minimum absolute atomic E-state index is 0.00625. The molecule has 0 fully saturated rings. The minimum atomic E-state index is 0.00625. The molecule has 66 valence electrons. The van der Waals surface area contributed by atoms with Crippen molar-refractivity contribution in [1.82, 2.24) is 0 Å². The van der Waals surface area contributed by atoms with Crippen LogP contribution < -0.4 is 4.74 Å². The van der Waals surface area contributed by atoms with Crippen LogP contribution in [-0.2, 0) is 0 Å². The van der Waals surface area contributed by atoms with Crippen molar-refractivity contribution in [3.05, 3.63) is 28.7 Å². The zero-order valence-corrected chi connectivity index (χ0v) is 6.82. The van der Waals surface area contributed by atoms with Crippen molar-refractivity contribution in [3.8, 4) is 5.75 Å². The summed E-state index contributed by atoms with van der Waals surface area (Å²) in [5.74, 6) is 0.334. The first-order chi connectivity index (χ1) is 6.33. The standard InChI is InChI=1S/C9H7NO3/c11-8-4-5-13-9-6(8)2-1-3-7(9)10-12/h1-3H,4-5H2. The van der Waals surface area contributed by atoms with Gasteiger partial charge in [0.1, 0.15) is 0 Å². The molecule has 1 aromatic rings. The number of carbonyl (C=O) groups excluding carboxylic acids is 1. The van der Waals surface area contributed by atoms with Crippen molar-refractivity contribution in [2.75, 3.05) is 6.61 Å². The Morgan fingerprint density at radius 1 is 1.38 bits per heavy atom. The van der Waals surface area contributed by atoms with E-state index in [-0.39, 0.29) is 11.5 Å². The van der Waals surface area contributed by atoms with Crippen LogP contribution in [0.1, 0.15) is 16.8 Å². The number of ether oxygens (including phenoxy) is 1. The minimum Gasteiger partial charge on any atom is -0.490 e. The van der Waals surface area contributed by atoms with Crippen molar-refractivity contribution in [3.63, 3.8) is 0 Å². The average Bonchev–Trinajstić information content (AvgIpc) is 2.18. The average molecular weight is 177 g/mol. The normalized spacial score (nSPS) is 14.6. The molecule has 4 nitrogen and oxygen atoms in total. The largest absolute Gasteiger partial charge is 0.490 e. The van der Waals surface area contributed by atoms with E-state index in [4.69, 9.17) is 4.74 Å². The molecule has 0 radical (unpaired) electrons. The summed E-state index contributed by atoms with van der Waals surface area (Å²) in [6, 6.07) is 4.80. The van der Waals surface area contributed by atoms with Crippen molar-refractivity contribution in [2.45, 2.75) is 6.42 Å². The van der Waals surface area contributed by atoms with E-state index < -0.39 is 0 Å². The first-order valence-corrected chi connectivity index (χ1v) is 3.95. The summed E-state index contributed by atoms with van der Waals surface area (Å²) in [6.45, 7) is 0.332. The zero-order chi connectivity index (χ0) is 9.26. The van der Waals surface area contributed by atoms with Gasteiger partial charge in [0.15, 0.2) is 17.2 Å². The summed E-state index contributed by atoms with van der Waals surface area (Å²) in [5, 5.41) is 2.79. The van der Waals surface area contributed by atoms with E-state index in [1.54, 1.807) is 12.1 Å². The van der Waals surface area contributed by atoms with Gasteiger partial charge in [0.25, 0.3) is 0 Å². The Bertz CT molecular complexity index is 373. The molecule has 0 bridgehead atoms. The van der Waals surface area contributed by atoms with E-state index in [1.807, 2.05) is 0 Å². The van der Waals surface area contributed by atoms with Crippen molar-refractivity contribution in [2.24, 2.45) is 5.18 Å². The zero-order valence-electron chi connectivity index (χ0n) is 6.82. The lowest BCUT2D eigenvalue weighted by Gasteiger charge is -2.16. The Hall–Kier alpha value is -1.71. The summed E-state index contributed by atoms with van der Waals surface area (Å²) < 4.78 is 5.20. The van der Waals surface area contributed by atoms with Crippen LogP contribution in [0.4, 0.5) is 5.69 Å². The van der Waals surface area contributed by atoms with Crippen molar-refractivity contribution in [1.29, 1.82) is 0 Å². The molecule has 0 atom stereocenters. The SMILES string of the molecule is O=Nc1cccc2c1OCCC2=O. The second kappa shape index (κ2) is 2.97. The molecule has 13 heavy (non-hydrogen) atoms. The summed E-state index contributed by atoms with van der Waals surface area (Å²) in [4.78, 5) is 21.7. The first-order valence-electron chi connectivity index (χ1n) is 3.95. The highest BCUT2D eigenvalue weighted by atomic mass is 16.5. The lowest BCUT2D eigenvalue weighted by molar-refractivity contribution is 0.0934. The number of rotatable bonds is 1. The van der Waals surface area contributed by atoms with Gasteiger partial charge in [-0.15, -0.1) is 4.91 Å². The third-order valence-corrected chi connectivity index (χ3v) is 1.97. The third-order valence-electron chi connectivity index (χ3n) is 1.97. The molecule has 1 aliphatic heterocycles. The molecule has 1 aliphatic rings. The predicted octanol–water partition coefficient (Wildman–Crippen LogP) is 2.05. The first kappa shape index (κ1) is 7.91. The Morgan fingerprint density at radius 3 is 3.00 bits per heavy atom. The van der Waals surface area contributed by atoms with Gasteiger partial charge in [0.2, 0.25) is 0 Å². The molecule has 0 spiro atoms.